The van der Waals surface area contributed by atoms with Crippen LogP contribution in [0.15, 0.2) is 82.6 Å². The third-order valence-electron chi connectivity index (χ3n) is 4.09. The lowest BCUT2D eigenvalue weighted by molar-refractivity contribution is -0.388. The molecule has 0 saturated carbocycles. The smallest absolute Gasteiger partial charge is 0.279 e. The minimum absolute atomic E-state index is 0.0109. The van der Waals surface area contributed by atoms with E-state index >= 15 is 0 Å². The Morgan fingerprint density at radius 1 is 0.562 bits per heavy atom. The molecule has 3 rings (SSSR count). The first-order valence-electron chi connectivity index (χ1n) is 8.64. The summed E-state index contributed by atoms with van der Waals surface area (Å²) in [5, 5.41) is 22.2. The van der Waals surface area contributed by atoms with Gasteiger partial charge in [-0.3, -0.25) is 29.7 Å². The zero-order valence-electron chi connectivity index (χ0n) is 15.9. The zero-order valence-corrected chi connectivity index (χ0v) is 17.5. The van der Waals surface area contributed by atoms with Crippen molar-refractivity contribution in [3.63, 3.8) is 0 Å². The number of anilines is 2. The van der Waals surface area contributed by atoms with Gasteiger partial charge in [-0.2, -0.15) is 0 Å². The molecule has 0 heterocycles. The minimum Gasteiger partial charge on any atom is -0.279 e. The molecule has 0 aromatic heterocycles. The number of para-hydroxylation sites is 2. The van der Waals surface area contributed by atoms with E-state index in [2.05, 4.69) is 9.44 Å². The topological polar surface area (TPSA) is 179 Å². The third-order valence-corrected chi connectivity index (χ3v) is 6.95. The minimum atomic E-state index is -4.30. The predicted octanol–water partition coefficient (Wildman–Crippen LogP) is 3.10. The van der Waals surface area contributed by atoms with Crippen molar-refractivity contribution < 1.29 is 26.7 Å². The maximum Gasteiger partial charge on any atom is 0.289 e. The standard InChI is InChI=1S/C18H14N4O8S2/c23-21(24)15-5-1-3-7-17(15)31(27,28)19-13-9-11-14(12-10-13)20-32(29,30)18-8-4-2-6-16(18)22(25)26/h1-12,19-20H. The monoisotopic (exact) mass is 478 g/mol. The number of nitro groups is 2. The number of sulfonamides is 2. The Bertz CT molecular complexity index is 1300. The molecule has 12 nitrogen and oxygen atoms in total. The number of nitro benzene ring substituents is 2. The highest BCUT2D eigenvalue weighted by Gasteiger charge is 2.26. The van der Waals surface area contributed by atoms with Crippen molar-refractivity contribution in [2.75, 3.05) is 9.44 Å². The zero-order chi connectivity index (χ0) is 23.5. The summed E-state index contributed by atoms with van der Waals surface area (Å²) >= 11 is 0. The molecule has 3 aromatic carbocycles. The van der Waals surface area contributed by atoms with E-state index in [1.54, 1.807) is 0 Å². The van der Waals surface area contributed by atoms with Gasteiger partial charge in [-0.1, -0.05) is 24.3 Å². The van der Waals surface area contributed by atoms with Gasteiger partial charge in [-0.05, 0) is 36.4 Å². The predicted molar refractivity (Wildman–Crippen MR) is 114 cm³/mol. The fourth-order valence-corrected chi connectivity index (χ4v) is 5.16. The summed E-state index contributed by atoms with van der Waals surface area (Å²) in [7, 11) is -8.60. The molecule has 14 heteroatoms. The van der Waals surface area contributed by atoms with Crippen molar-refractivity contribution in [2.24, 2.45) is 0 Å². The average molecular weight is 478 g/mol. The van der Waals surface area contributed by atoms with E-state index in [1.807, 2.05) is 0 Å². The summed E-state index contributed by atoms with van der Waals surface area (Å²) < 4.78 is 54.5. The molecule has 166 valence electrons. The molecule has 0 saturated heterocycles. The highest BCUT2D eigenvalue weighted by Crippen LogP contribution is 2.28. The first kappa shape index (κ1) is 22.6. The van der Waals surface area contributed by atoms with Crippen LogP contribution in [-0.2, 0) is 20.0 Å². The second kappa shape index (κ2) is 8.60. The highest BCUT2D eigenvalue weighted by molar-refractivity contribution is 7.93. The van der Waals surface area contributed by atoms with Crippen molar-refractivity contribution in [3.8, 4) is 0 Å². The lowest BCUT2D eigenvalue weighted by atomic mass is 10.3. The Morgan fingerprint density at radius 2 is 0.875 bits per heavy atom. The van der Waals surface area contributed by atoms with Crippen molar-refractivity contribution in [2.45, 2.75) is 9.79 Å². The Kier molecular flexibility index (Phi) is 6.09. The molecule has 0 bridgehead atoms. The van der Waals surface area contributed by atoms with E-state index in [1.165, 1.54) is 48.5 Å². The van der Waals surface area contributed by atoms with Crippen LogP contribution in [0.4, 0.5) is 22.7 Å². The lowest BCUT2D eigenvalue weighted by Gasteiger charge is -2.11. The highest BCUT2D eigenvalue weighted by atomic mass is 32.2. The molecule has 0 fully saturated rings. The normalized spacial score (nSPS) is 11.5. The van der Waals surface area contributed by atoms with Gasteiger partial charge < -0.3 is 0 Å². The Balaban J connectivity index is 1.83. The fourth-order valence-electron chi connectivity index (χ4n) is 2.70. The van der Waals surface area contributed by atoms with E-state index in [0.29, 0.717) is 0 Å². The molecule has 0 aliphatic rings. The van der Waals surface area contributed by atoms with Gasteiger partial charge in [-0.25, -0.2) is 16.8 Å². The van der Waals surface area contributed by atoms with Crippen LogP contribution in [0.1, 0.15) is 0 Å². The van der Waals surface area contributed by atoms with Crippen LogP contribution in [0.25, 0.3) is 0 Å². The van der Waals surface area contributed by atoms with Crippen molar-refractivity contribution in [1.29, 1.82) is 0 Å². The lowest BCUT2D eigenvalue weighted by Crippen LogP contribution is -2.16. The average Bonchev–Trinajstić information content (AvgIpc) is 2.74. The number of hydrogen-bond donors (Lipinski definition) is 2. The third kappa shape index (κ3) is 4.81. The second-order valence-electron chi connectivity index (χ2n) is 6.24. The first-order chi connectivity index (χ1) is 15.0. The van der Waals surface area contributed by atoms with Crippen molar-refractivity contribution >= 4 is 42.8 Å². The van der Waals surface area contributed by atoms with E-state index in [4.69, 9.17) is 0 Å². The maximum absolute atomic E-state index is 12.5. The van der Waals surface area contributed by atoms with Crippen LogP contribution < -0.4 is 9.44 Å². The molecular formula is C18H14N4O8S2. The first-order valence-corrected chi connectivity index (χ1v) is 11.6. The molecule has 0 unspecified atom stereocenters. The Labute approximate surface area is 181 Å². The molecule has 0 aliphatic heterocycles. The van der Waals surface area contributed by atoms with Crippen LogP contribution in [0, 0.1) is 20.2 Å². The summed E-state index contributed by atoms with van der Waals surface area (Å²) in [6.45, 7) is 0. The van der Waals surface area contributed by atoms with E-state index < -0.39 is 51.1 Å². The van der Waals surface area contributed by atoms with Gasteiger partial charge in [0, 0.05) is 23.5 Å². The van der Waals surface area contributed by atoms with Gasteiger partial charge in [0.2, 0.25) is 0 Å². The van der Waals surface area contributed by atoms with Gasteiger partial charge in [-0.15, -0.1) is 0 Å². The maximum atomic E-state index is 12.5. The summed E-state index contributed by atoms with van der Waals surface area (Å²) in [6, 6.07) is 14.5. The number of nitrogens with zero attached hydrogens (tertiary/aromatic N) is 2. The summed E-state index contributed by atoms with van der Waals surface area (Å²) in [4.78, 5) is 19.5. The quantitative estimate of drug-likeness (QED) is 0.366. The SMILES string of the molecule is O=[N+]([O-])c1ccccc1S(=O)(=O)Nc1ccc(NS(=O)(=O)c2ccccc2[N+](=O)[O-])cc1. The van der Waals surface area contributed by atoms with Crippen LogP contribution in [0.2, 0.25) is 0 Å². The van der Waals surface area contributed by atoms with Crippen molar-refractivity contribution in [1.82, 2.24) is 0 Å². The number of hydrogen-bond acceptors (Lipinski definition) is 8. The molecule has 2 N–H and O–H groups in total. The van der Waals surface area contributed by atoms with Crippen molar-refractivity contribution in [3.05, 3.63) is 93.0 Å². The van der Waals surface area contributed by atoms with Crippen LogP contribution in [0.5, 0.6) is 0 Å². The number of rotatable bonds is 8. The summed E-state index contributed by atoms with van der Waals surface area (Å²) in [6.07, 6.45) is 0. The molecule has 0 atom stereocenters. The fraction of sp³-hybridized carbons (Fsp3) is 0. The van der Waals surface area contributed by atoms with Gasteiger partial charge in [0.05, 0.1) is 9.85 Å². The largest absolute Gasteiger partial charge is 0.289 e. The van der Waals surface area contributed by atoms with Gasteiger partial charge >= 0.3 is 0 Å². The Morgan fingerprint density at radius 3 is 1.19 bits per heavy atom. The van der Waals surface area contributed by atoms with Crippen LogP contribution in [0.3, 0.4) is 0 Å². The number of benzene rings is 3. The van der Waals surface area contributed by atoms with Gasteiger partial charge in [0.15, 0.2) is 9.79 Å². The Hall–Kier alpha value is -4.04. The summed E-state index contributed by atoms with van der Waals surface area (Å²) in [5.41, 5.74) is -1.18. The van der Waals surface area contributed by atoms with E-state index in [9.17, 15) is 37.1 Å². The van der Waals surface area contributed by atoms with E-state index in [-0.39, 0.29) is 11.4 Å². The van der Waals surface area contributed by atoms with Gasteiger partial charge in [0.25, 0.3) is 31.4 Å². The molecule has 32 heavy (non-hydrogen) atoms. The summed E-state index contributed by atoms with van der Waals surface area (Å²) in [5.74, 6) is 0. The molecule has 0 radical (unpaired) electrons. The molecule has 0 spiro atoms. The molecule has 0 amide bonds. The van der Waals surface area contributed by atoms with Crippen LogP contribution in [-0.4, -0.2) is 26.7 Å². The van der Waals surface area contributed by atoms with E-state index in [0.717, 1.165) is 24.3 Å². The van der Waals surface area contributed by atoms with Crippen LogP contribution >= 0.6 is 0 Å². The number of nitrogens with one attached hydrogen (secondary N) is 2. The van der Waals surface area contributed by atoms with Gasteiger partial charge in [0.1, 0.15) is 0 Å². The molecular weight excluding hydrogens is 464 g/mol. The molecule has 3 aromatic rings. The molecule has 0 aliphatic carbocycles. The second-order valence-corrected chi connectivity index (χ2v) is 9.54.